The smallest absolute Gasteiger partial charge is 0.335 e. The molecule has 0 heterocycles. The van der Waals surface area contributed by atoms with Gasteiger partial charge in [0.2, 0.25) is 0 Å². The van der Waals surface area contributed by atoms with Gasteiger partial charge in [0.05, 0.1) is 16.1 Å². The molecule has 0 saturated heterocycles. The molecule has 0 amide bonds. The van der Waals surface area contributed by atoms with Crippen LogP contribution >= 0.6 is 11.6 Å². The molecule has 5 nitrogen and oxygen atoms in total. The van der Waals surface area contributed by atoms with Gasteiger partial charge in [-0.1, -0.05) is 41.9 Å². The van der Waals surface area contributed by atoms with Gasteiger partial charge in [0.25, 0.3) is 10.0 Å². The minimum atomic E-state index is -3.72. The number of aromatic carboxylic acids is 1. The van der Waals surface area contributed by atoms with Crippen LogP contribution in [0.2, 0.25) is 5.02 Å². The number of anilines is 1. The number of benzene rings is 3. The highest BCUT2D eigenvalue weighted by molar-refractivity contribution is 7.92. The number of aryl methyl sites for hydroxylation is 2. The maximum absolute atomic E-state index is 12.6. The van der Waals surface area contributed by atoms with E-state index in [1.807, 2.05) is 12.1 Å². The summed E-state index contributed by atoms with van der Waals surface area (Å²) in [7, 11) is -3.72. The highest BCUT2D eigenvalue weighted by atomic mass is 35.5. The minimum Gasteiger partial charge on any atom is -0.478 e. The highest BCUT2D eigenvalue weighted by Crippen LogP contribution is 2.22. The van der Waals surface area contributed by atoms with E-state index in [0.29, 0.717) is 23.6 Å². The molecule has 0 aliphatic carbocycles. The molecule has 144 valence electrons. The second kappa shape index (κ2) is 8.46. The third-order valence-electron chi connectivity index (χ3n) is 4.27. The first-order valence-electron chi connectivity index (χ1n) is 8.54. The average molecular weight is 416 g/mol. The summed E-state index contributed by atoms with van der Waals surface area (Å²) in [6.07, 6.45) is 1.26. The number of halogens is 1. The number of carboxylic acid groups (broad SMARTS) is 1. The van der Waals surface area contributed by atoms with Crippen molar-refractivity contribution in [1.29, 1.82) is 0 Å². The number of rotatable bonds is 7. The topological polar surface area (TPSA) is 83.5 Å². The molecule has 28 heavy (non-hydrogen) atoms. The number of para-hydroxylation sites is 1. The summed E-state index contributed by atoms with van der Waals surface area (Å²) in [5.74, 6) is -0.964. The highest BCUT2D eigenvalue weighted by Gasteiger charge is 2.15. The van der Waals surface area contributed by atoms with Gasteiger partial charge in [0.1, 0.15) is 0 Å². The van der Waals surface area contributed by atoms with Crippen molar-refractivity contribution in [2.45, 2.75) is 17.7 Å². The summed E-state index contributed by atoms with van der Waals surface area (Å²) in [6.45, 7) is 0. The molecule has 0 spiro atoms. The fraction of sp³-hybridized carbons (Fsp3) is 0.0952. The van der Waals surface area contributed by atoms with E-state index in [1.54, 1.807) is 36.4 Å². The Labute approximate surface area is 168 Å². The molecule has 0 bridgehead atoms. The van der Waals surface area contributed by atoms with Crippen LogP contribution in [-0.2, 0) is 22.9 Å². The molecular weight excluding hydrogens is 398 g/mol. The van der Waals surface area contributed by atoms with Crippen molar-refractivity contribution < 1.29 is 18.3 Å². The van der Waals surface area contributed by atoms with Crippen molar-refractivity contribution >= 4 is 33.3 Å². The Morgan fingerprint density at radius 3 is 2.18 bits per heavy atom. The van der Waals surface area contributed by atoms with E-state index >= 15 is 0 Å². The van der Waals surface area contributed by atoms with Gasteiger partial charge in [0.15, 0.2) is 0 Å². The molecule has 0 unspecified atom stereocenters. The molecule has 3 aromatic rings. The molecule has 0 fully saturated rings. The van der Waals surface area contributed by atoms with Crippen LogP contribution in [0.1, 0.15) is 21.5 Å². The summed E-state index contributed by atoms with van der Waals surface area (Å²) >= 11 is 5.83. The molecule has 0 aliphatic heterocycles. The first-order valence-corrected chi connectivity index (χ1v) is 10.4. The second-order valence-corrected chi connectivity index (χ2v) is 8.34. The van der Waals surface area contributed by atoms with E-state index < -0.39 is 16.0 Å². The zero-order chi connectivity index (χ0) is 20.1. The molecule has 3 aromatic carbocycles. The van der Waals surface area contributed by atoms with Crippen LogP contribution in [0.25, 0.3) is 0 Å². The first-order chi connectivity index (χ1) is 13.3. The SMILES string of the molecule is O=C(O)c1ccc(CCc2ccccc2NS(=O)(=O)c2ccc(Cl)cc2)cc1. The van der Waals surface area contributed by atoms with Crippen LogP contribution in [0.15, 0.2) is 77.7 Å². The largest absolute Gasteiger partial charge is 0.478 e. The minimum absolute atomic E-state index is 0.135. The fourth-order valence-electron chi connectivity index (χ4n) is 2.75. The van der Waals surface area contributed by atoms with Crippen LogP contribution in [-0.4, -0.2) is 19.5 Å². The lowest BCUT2D eigenvalue weighted by Crippen LogP contribution is -2.14. The van der Waals surface area contributed by atoms with Gasteiger partial charge in [-0.05, 0) is 66.4 Å². The van der Waals surface area contributed by atoms with Crippen molar-refractivity contribution in [3.8, 4) is 0 Å². The quantitative estimate of drug-likeness (QED) is 0.589. The van der Waals surface area contributed by atoms with E-state index in [9.17, 15) is 13.2 Å². The monoisotopic (exact) mass is 415 g/mol. The second-order valence-electron chi connectivity index (χ2n) is 6.22. The Balaban J connectivity index is 1.75. The fourth-order valence-corrected chi connectivity index (χ4v) is 3.98. The van der Waals surface area contributed by atoms with Crippen molar-refractivity contribution in [2.24, 2.45) is 0 Å². The van der Waals surface area contributed by atoms with Gasteiger partial charge in [-0.3, -0.25) is 4.72 Å². The Kier molecular flexibility index (Phi) is 6.02. The molecule has 0 saturated carbocycles. The Morgan fingerprint density at radius 2 is 1.54 bits per heavy atom. The van der Waals surface area contributed by atoms with E-state index in [4.69, 9.17) is 16.7 Å². The molecule has 7 heteroatoms. The number of hydrogen-bond donors (Lipinski definition) is 2. The lowest BCUT2D eigenvalue weighted by molar-refractivity contribution is 0.0697. The van der Waals surface area contributed by atoms with Crippen molar-refractivity contribution in [3.05, 3.63) is 94.5 Å². The Morgan fingerprint density at radius 1 is 0.893 bits per heavy atom. The Bertz CT molecular complexity index is 1080. The maximum Gasteiger partial charge on any atom is 0.335 e. The molecule has 0 radical (unpaired) electrons. The van der Waals surface area contributed by atoms with Crippen LogP contribution in [0, 0.1) is 0 Å². The number of sulfonamides is 1. The summed E-state index contributed by atoms with van der Waals surface area (Å²) in [5, 5.41) is 9.43. The van der Waals surface area contributed by atoms with Gasteiger partial charge in [-0.2, -0.15) is 0 Å². The van der Waals surface area contributed by atoms with Gasteiger partial charge in [-0.15, -0.1) is 0 Å². The van der Waals surface area contributed by atoms with E-state index in [0.717, 1.165) is 11.1 Å². The molecule has 0 aromatic heterocycles. The lowest BCUT2D eigenvalue weighted by Gasteiger charge is -2.13. The average Bonchev–Trinajstić information content (AvgIpc) is 2.68. The first kappa shape index (κ1) is 19.9. The number of carboxylic acids is 1. The molecule has 3 rings (SSSR count). The standard InChI is InChI=1S/C21H18ClNO4S/c22-18-11-13-19(14-12-18)28(26,27)23-20-4-2-1-3-16(20)8-5-15-6-9-17(10-7-15)21(24)25/h1-4,6-7,9-14,23H,5,8H2,(H,24,25). The van der Waals surface area contributed by atoms with Crippen LogP contribution < -0.4 is 4.72 Å². The van der Waals surface area contributed by atoms with Crippen LogP contribution in [0.4, 0.5) is 5.69 Å². The third-order valence-corrected chi connectivity index (χ3v) is 5.90. The van der Waals surface area contributed by atoms with Crippen molar-refractivity contribution in [1.82, 2.24) is 0 Å². The van der Waals surface area contributed by atoms with Gasteiger partial charge in [-0.25, -0.2) is 13.2 Å². The van der Waals surface area contributed by atoms with Crippen LogP contribution in [0.5, 0.6) is 0 Å². The normalized spacial score (nSPS) is 11.2. The number of hydrogen-bond acceptors (Lipinski definition) is 3. The predicted molar refractivity (Wildman–Crippen MR) is 110 cm³/mol. The third kappa shape index (κ3) is 4.91. The summed E-state index contributed by atoms with van der Waals surface area (Å²) in [6, 6.07) is 19.8. The van der Waals surface area contributed by atoms with Crippen LogP contribution in [0.3, 0.4) is 0 Å². The Hall–Kier alpha value is -2.83. The molecule has 0 aliphatic rings. The lowest BCUT2D eigenvalue weighted by atomic mass is 10.0. The number of carbonyl (C=O) groups is 1. The zero-order valence-corrected chi connectivity index (χ0v) is 16.4. The summed E-state index contributed by atoms with van der Waals surface area (Å²) in [4.78, 5) is 11.1. The molecule has 2 N–H and O–H groups in total. The van der Waals surface area contributed by atoms with Crippen molar-refractivity contribution in [3.63, 3.8) is 0 Å². The van der Waals surface area contributed by atoms with Gasteiger partial charge < -0.3 is 5.11 Å². The van der Waals surface area contributed by atoms with Gasteiger partial charge >= 0.3 is 5.97 Å². The maximum atomic E-state index is 12.6. The predicted octanol–water partition coefficient (Wildman–Crippen LogP) is 4.62. The van der Waals surface area contributed by atoms with Crippen molar-refractivity contribution in [2.75, 3.05) is 4.72 Å². The summed E-state index contributed by atoms with van der Waals surface area (Å²) < 4.78 is 27.9. The van der Waals surface area contributed by atoms with E-state index in [-0.39, 0.29) is 10.5 Å². The zero-order valence-electron chi connectivity index (χ0n) is 14.8. The van der Waals surface area contributed by atoms with E-state index in [2.05, 4.69) is 4.72 Å². The van der Waals surface area contributed by atoms with Gasteiger partial charge in [0, 0.05) is 5.02 Å². The molecular formula is C21H18ClNO4S. The van der Waals surface area contributed by atoms with E-state index in [1.165, 1.54) is 24.3 Å². The summed E-state index contributed by atoms with van der Waals surface area (Å²) in [5.41, 5.74) is 2.57. The molecule has 0 atom stereocenters. The number of nitrogens with one attached hydrogen (secondary N) is 1.